The van der Waals surface area contributed by atoms with Crippen LogP contribution in [0.5, 0.6) is 0 Å². The molecule has 1 aliphatic heterocycles. The van der Waals surface area contributed by atoms with Gasteiger partial charge in [0.05, 0.1) is 5.69 Å². The van der Waals surface area contributed by atoms with Crippen LogP contribution >= 0.6 is 0 Å². The van der Waals surface area contributed by atoms with Crippen molar-refractivity contribution in [3.05, 3.63) is 52.0 Å². The number of benzene rings is 1. The zero-order chi connectivity index (χ0) is 16.6. The minimum atomic E-state index is -0.479. The number of hydrogen-bond donors (Lipinski definition) is 2. The van der Waals surface area contributed by atoms with E-state index in [1.54, 1.807) is 19.1 Å². The Labute approximate surface area is 132 Å². The molecule has 6 nitrogen and oxygen atoms in total. The third kappa shape index (κ3) is 2.57. The van der Waals surface area contributed by atoms with Crippen molar-refractivity contribution in [2.24, 2.45) is 5.92 Å². The quantitative estimate of drug-likeness (QED) is 0.891. The highest BCUT2D eigenvalue weighted by molar-refractivity contribution is 6.05. The van der Waals surface area contributed by atoms with Gasteiger partial charge in [-0.3, -0.25) is 9.36 Å². The molecular weight excluding hydrogens is 301 g/mol. The Kier molecular flexibility index (Phi) is 4.04. The number of aromatic amines is 1. The van der Waals surface area contributed by atoms with Crippen LogP contribution in [0.3, 0.4) is 0 Å². The zero-order valence-corrected chi connectivity index (χ0v) is 12.8. The molecule has 0 saturated heterocycles. The lowest BCUT2D eigenvalue weighted by Crippen LogP contribution is -2.43. The first-order chi connectivity index (χ1) is 11.1. The topological polar surface area (TPSA) is 78.3 Å². The van der Waals surface area contributed by atoms with E-state index < -0.39 is 11.7 Å². The van der Waals surface area contributed by atoms with Crippen molar-refractivity contribution in [3.63, 3.8) is 0 Å². The van der Waals surface area contributed by atoms with Crippen LogP contribution in [0, 0.1) is 11.7 Å². The summed E-state index contributed by atoms with van der Waals surface area (Å²) in [6.45, 7) is 2.22. The molecule has 1 amide bonds. The van der Waals surface area contributed by atoms with Crippen molar-refractivity contribution in [2.75, 3.05) is 18.1 Å². The first-order valence-electron chi connectivity index (χ1n) is 7.55. The second-order valence-electron chi connectivity index (χ2n) is 5.64. The maximum atomic E-state index is 14.3. The number of para-hydroxylation sites is 1. The number of nitrogens with zero attached hydrogens (tertiary/aromatic N) is 2. The van der Waals surface area contributed by atoms with E-state index in [1.165, 1.54) is 21.7 Å². The lowest BCUT2D eigenvalue weighted by Gasteiger charge is -2.34. The van der Waals surface area contributed by atoms with E-state index >= 15 is 0 Å². The molecule has 122 valence electrons. The zero-order valence-electron chi connectivity index (χ0n) is 12.8. The van der Waals surface area contributed by atoms with Gasteiger partial charge in [-0.05, 0) is 25.0 Å². The number of nitrogens with one attached hydrogen (secondary N) is 1. The van der Waals surface area contributed by atoms with E-state index in [9.17, 15) is 19.1 Å². The maximum Gasteiger partial charge on any atom is 0.326 e. The predicted molar refractivity (Wildman–Crippen MR) is 83.1 cm³/mol. The first-order valence-corrected chi connectivity index (χ1v) is 7.55. The number of aliphatic hydroxyl groups excluding tert-OH is 1. The minimum absolute atomic E-state index is 0.0898. The fraction of sp³-hybridized carbons (Fsp3) is 0.375. The Morgan fingerprint density at radius 1 is 1.48 bits per heavy atom. The number of H-pyrrole nitrogens is 1. The molecule has 0 bridgehead atoms. The van der Waals surface area contributed by atoms with Crippen LogP contribution in [-0.2, 0) is 13.0 Å². The second-order valence-corrected chi connectivity index (χ2v) is 5.64. The summed E-state index contributed by atoms with van der Waals surface area (Å²) in [4.78, 5) is 28.4. The van der Waals surface area contributed by atoms with Gasteiger partial charge in [0.1, 0.15) is 11.5 Å². The standard InChI is InChI=1S/C16H18FN3O3/c1-2-19-13(7-18-16(19)23)15(22)20-8-10(9-21)6-11-4-3-5-12(17)14(11)20/h3-5,7,10,21H,2,6,8-9H2,1H3,(H,18,23). The van der Waals surface area contributed by atoms with E-state index in [0.717, 1.165) is 0 Å². The van der Waals surface area contributed by atoms with Gasteiger partial charge in [0.25, 0.3) is 5.91 Å². The Hall–Kier alpha value is -2.41. The molecule has 0 saturated carbocycles. The maximum absolute atomic E-state index is 14.3. The van der Waals surface area contributed by atoms with Crippen molar-refractivity contribution in [2.45, 2.75) is 19.9 Å². The summed E-state index contributed by atoms with van der Waals surface area (Å²) in [7, 11) is 0. The summed E-state index contributed by atoms with van der Waals surface area (Å²) in [6, 6.07) is 4.65. The Morgan fingerprint density at radius 3 is 2.96 bits per heavy atom. The number of halogens is 1. The molecule has 1 aromatic carbocycles. The van der Waals surface area contributed by atoms with Crippen LogP contribution < -0.4 is 10.6 Å². The molecular formula is C16H18FN3O3. The third-order valence-electron chi connectivity index (χ3n) is 4.20. The number of carbonyl (C=O) groups excluding carboxylic acids is 1. The van der Waals surface area contributed by atoms with Gasteiger partial charge in [-0.1, -0.05) is 12.1 Å². The second kappa shape index (κ2) is 6.00. The van der Waals surface area contributed by atoms with Crippen LogP contribution in [0.4, 0.5) is 10.1 Å². The van der Waals surface area contributed by atoms with Gasteiger partial charge in [-0.15, -0.1) is 0 Å². The van der Waals surface area contributed by atoms with Crippen molar-refractivity contribution < 1.29 is 14.3 Å². The number of anilines is 1. The molecule has 2 aromatic rings. The monoisotopic (exact) mass is 319 g/mol. The molecule has 0 aliphatic carbocycles. The molecule has 2 heterocycles. The lowest BCUT2D eigenvalue weighted by molar-refractivity contribution is 0.0964. The van der Waals surface area contributed by atoms with Crippen LogP contribution in [0.25, 0.3) is 0 Å². The highest BCUT2D eigenvalue weighted by Gasteiger charge is 2.32. The summed E-state index contributed by atoms with van der Waals surface area (Å²) in [5, 5.41) is 9.47. The van der Waals surface area contributed by atoms with Crippen LogP contribution in [0.2, 0.25) is 0 Å². The largest absolute Gasteiger partial charge is 0.396 e. The Bertz CT molecular complexity index is 796. The van der Waals surface area contributed by atoms with Gasteiger partial charge in [0.2, 0.25) is 0 Å². The Balaban J connectivity index is 2.08. The normalized spacial score (nSPS) is 17.2. The van der Waals surface area contributed by atoms with Gasteiger partial charge in [-0.2, -0.15) is 0 Å². The van der Waals surface area contributed by atoms with Crippen LogP contribution in [-0.4, -0.2) is 33.7 Å². The number of amides is 1. The number of aromatic nitrogens is 2. The number of rotatable bonds is 3. The molecule has 0 spiro atoms. The minimum Gasteiger partial charge on any atom is -0.396 e. The van der Waals surface area contributed by atoms with Gasteiger partial charge < -0.3 is 15.0 Å². The molecule has 1 atom stereocenters. The fourth-order valence-corrected chi connectivity index (χ4v) is 3.08. The summed E-state index contributed by atoms with van der Waals surface area (Å²) in [5.74, 6) is -1.09. The molecule has 1 aliphatic rings. The number of hydrogen-bond acceptors (Lipinski definition) is 3. The van der Waals surface area contributed by atoms with Crippen molar-refractivity contribution in [1.29, 1.82) is 0 Å². The molecule has 2 N–H and O–H groups in total. The molecule has 3 rings (SSSR count). The predicted octanol–water partition coefficient (Wildman–Crippen LogP) is 1.15. The summed E-state index contributed by atoms with van der Waals surface area (Å²) >= 11 is 0. The molecule has 0 radical (unpaired) electrons. The van der Waals surface area contributed by atoms with Gasteiger partial charge in [-0.25, -0.2) is 9.18 Å². The Morgan fingerprint density at radius 2 is 2.26 bits per heavy atom. The number of carbonyl (C=O) groups is 1. The van der Waals surface area contributed by atoms with Crippen molar-refractivity contribution in [1.82, 2.24) is 9.55 Å². The summed E-state index contributed by atoms with van der Waals surface area (Å²) < 4.78 is 15.6. The van der Waals surface area contributed by atoms with E-state index in [4.69, 9.17) is 0 Å². The lowest BCUT2D eigenvalue weighted by atomic mass is 9.92. The summed E-state index contributed by atoms with van der Waals surface area (Å²) in [6.07, 6.45) is 1.86. The van der Waals surface area contributed by atoms with Gasteiger partial charge >= 0.3 is 5.69 Å². The molecule has 1 unspecified atom stereocenters. The highest BCUT2D eigenvalue weighted by atomic mass is 19.1. The van der Waals surface area contributed by atoms with E-state index in [-0.39, 0.29) is 36.1 Å². The van der Waals surface area contributed by atoms with Crippen LogP contribution in [0.15, 0.2) is 29.2 Å². The molecule has 23 heavy (non-hydrogen) atoms. The van der Waals surface area contributed by atoms with Crippen LogP contribution in [0.1, 0.15) is 23.0 Å². The third-order valence-corrected chi connectivity index (χ3v) is 4.20. The van der Waals surface area contributed by atoms with E-state index in [0.29, 0.717) is 18.5 Å². The fourth-order valence-electron chi connectivity index (χ4n) is 3.08. The van der Waals surface area contributed by atoms with E-state index in [1.807, 2.05) is 0 Å². The average molecular weight is 319 g/mol. The number of fused-ring (bicyclic) bond motifs is 1. The molecule has 0 fully saturated rings. The SMILES string of the molecule is CCn1c(C(=O)N2CC(CO)Cc3cccc(F)c32)c[nH]c1=O. The van der Waals surface area contributed by atoms with Crippen molar-refractivity contribution >= 4 is 11.6 Å². The summed E-state index contributed by atoms with van der Waals surface area (Å²) in [5.41, 5.74) is 0.730. The molecule has 7 heteroatoms. The number of aliphatic hydroxyl groups is 1. The van der Waals surface area contributed by atoms with E-state index in [2.05, 4.69) is 4.98 Å². The average Bonchev–Trinajstić information content (AvgIpc) is 2.94. The highest BCUT2D eigenvalue weighted by Crippen LogP contribution is 2.33. The van der Waals surface area contributed by atoms with Crippen molar-refractivity contribution in [3.8, 4) is 0 Å². The number of imidazole rings is 1. The van der Waals surface area contributed by atoms with Gasteiger partial charge in [0, 0.05) is 31.8 Å². The smallest absolute Gasteiger partial charge is 0.326 e. The first kappa shape index (κ1) is 15.5. The van der Waals surface area contributed by atoms with Gasteiger partial charge in [0.15, 0.2) is 0 Å². The molecule has 1 aromatic heterocycles.